The molecule has 0 spiro atoms. The molecule has 1 aromatic heterocycles. The summed E-state index contributed by atoms with van der Waals surface area (Å²) in [7, 11) is 0. The molecule has 16 heavy (non-hydrogen) atoms. The van der Waals surface area contributed by atoms with Crippen molar-refractivity contribution in [3.05, 3.63) is 34.5 Å². The number of rotatable bonds is 3. The SMILES string of the molecule is O=[N+]([O-])c1cccc2c1cnn2CC(F)F. The van der Waals surface area contributed by atoms with Gasteiger partial charge in [0.25, 0.3) is 12.1 Å². The molecule has 0 amide bonds. The van der Waals surface area contributed by atoms with Gasteiger partial charge < -0.3 is 0 Å². The maximum Gasteiger partial charge on any atom is 0.280 e. The van der Waals surface area contributed by atoms with Crippen LogP contribution in [0.3, 0.4) is 0 Å². The van der Waals surface area contributed by atoms with E-state index >= 15 is 0 Å². The highest BCUT2D eigenvalue weighted by Crippen LogP contribution is 2.25. The first-order valence-corrected chi connectivity index (χ1v) is 4.46. The zero-order valence-electron chi connectivity index (χ0n) is 8.01. The number of halogens is 2. The molecule has 0 radical (unpaired) electrons. The summed E-state index contributed by atoms with van der Waals surface area (Å²) >= 11 is 0. The molecule has 0 unspecified atom stereocenters. The van der Waals surface area contributed by atoms with Crippen LogP contribution in [-0.2, 0) is 6.54 Å². The van der Waals surface area contributed by atoms with Crippen LogP contribution in [0.25, 0.3) is 10.9 Å². The van der Waals surface area contributed by atoms with Gasteiger partial charge >= 0.3 is 0 Å². The van der Waals surface area contributed by atoms with Crippen molar-refractivity contribution in [1.82, 2.24) is 9.78 Å². The first-order chi connectivity index (χ1) is 7.59. The number of hydrogen-bond acceptors (Lipinski definition) is 3. The molecule has 0 aliphatic carbocycles. The fourth-order valence-electron chi connectivity index (χ4n) is 1.52. The predicted molar refractivity (Wildman–Crippen MR) is 52.4 cm³/mol. The molecule has 0 N–H and O–H groups in total. The standard InChI is InChI=1S/C9H7F2N3O2/c10-9(11)5-13-7-2-1-3-8(14(15)16)6(7)4-12-13/h1-4,9H,5H2. The summed E-state index contributed by atoms with van der Waals surface area (Å²) < 4.78 is 25.4. The minimum Gasteiger partial charge on any atom is -0.259 e. The van der Waals surface area contributed by atoms with Crippen LogP contribution in [0, 0.1) is 10.1 Å². The Morgan fingerprint density at radius 2 is 2.25 bits per heavy atom. The number of nitrogens with zero attached hydrogens (tertiary/aromatic N) is 3. The quantitative estimate of drug-likeness (QED) is 0.596. The third-order valence-electron chi connectivity index (χ3n) is 2.17. The molecular weight excluding hydrogens is 220 g/mol. The molecule has 0 aliphatic rings. The molecule has 1 heterocycles. The zero-order valence-corrected chi connectivity index (χ0v) is 8.01. The Balaban J connectivity index is 2.57. The molecule has 0 bridgehead atoms. The van der Waals surface area contributed by atoms with Crippen LogP contribution >= 0.6 is 0 Å². The Morgan fingerprint density at radius 3 is 2.88 bits per heavy atom. The van der Waals surface area contributed by atoms with Crippen molar-refractivity contribution in [2.75, 3.05) is 0 Å². The van der Waals surface area contributed by atoms with Gasteiger partial charge in [0.1, 0.15) is 6.54 Å². The van der Waals surface area contributed by atoms with Crippen LogP contribution in [0.4, 0.5) is 14.5 Å². The van der Waals surface area contributed by atoms with Gasteiger partial charge in [-0.25, -0.2) is 8.78 Å². The molecule has 0 saturated heterocycles. The van der Waals surface area contributed by atoms with Crippen molar-refractivity contribution in [2.24, 2.45) is 0 Å². The lowest BCUT2D eigenvalue weighted by molar-refractivity contribution is -0.383. The van der Waals surface area contributed by atoms with Crippen molar-refractivity contribution in [1.29, 1.82) is 0 Å². The monoisotopic (exact) mass is 227 g/mol. The van der Waals surface area contributed by atoms with E-state index < -0.39 is 17.9 Å². The third kappa shape index (κ3) is 1.71. The Bertz CT molecular complexity index is 539. The van der Waals surface area contributed by atoms with E-state index in [2.05, 4.69) is 5.10 Å². The minimum absolute atomic E-state index is 0.127. The smallest absolute Gasteiger partial charge is 0.259 e. The molecule has 0 saturated carbocycles. The van der Waals surface area contributed by atoms with E-state index in [1.54, 1.807) is 0 Å². The van der Waals surface area contributed by atoms with Crippen LogP contribution in [-0.4, -0.2) is 21.1 Å². The lowest BCUT2D eigenvalue weighted by Crippen LogP contribution is -2.07. The lowest BCUT2D eigenvalue weighted by atomic mass is 10.2. The average molecular weight is 227 g/mol. The van der Waals surface area contributed by atoms with Gasteiger partial charge in [-0.1, -0.05) is 6.07 Å². The van der Waals surface area contributed by atoms with Gasteiger partial charge in [0.05, 0.1) is 22.0 Å². The second-order valence-electron chi connectivity index (χ2n) is 3.18. The number of non-ortho nitro benzene ring substituents is 1. The highest BCUT2D eigenvalue weighted by molar-refractivity contribution is 5.87. The maximum atomic E-state index is 12.2. The molecule has 0 atom stereocenters. The predicted octanol–water partition coefficient (Wildman–Crippen LogP) is 2.21. The van der Waals surface area contributed by atoms with Crippen LogP contribution in [0.5, 0.6) is 0 Å². The molecule has 0 aliphatic heterocycles. The Morgan fingerprint density at radius 1 is 1.50 bits per heavy atom. The van der Waals surface area contributed by atoms with Crippen molar-refractivity contribution in [3.63, 3.8) is 0 Å². The highest BCUT2D eigenvalue weighted by Gasteiger charge is 2.16. The lowest BCUT2D eigenvalue weighted by Gasteiger charge is -2.01. The summed E-state index contributed by atoms with van der Waals surface area (Å²) in [6.45, 7) is -0.565. The van der Waals surface area contributed by atoms with Gasteiger partial charge in [-0.15, -0.1) is 0 Å². The van der Waals surface area contributed by atoms with Crippen molar-refractivity contribution in [3.8, 4) is 0 Å². The average Bonchev–Trinajstić information content (AvgIpc) is 2.60. The molecule has 0 fully saturated rings. The first-order valence-electron chi connectivity index (χ1n) is 4.46. The van der Waals surface area contributed by atoms with E-state index in [1.807, 2.05) is 0 Å². The van der Waals surface area contributed by atoms with Gasteiger partial charge in [0, 0.05) is 6.07 Å². The molecule has 2 rings (SSSR count). The second kappa shape index (κ2) is 3.84. The fraction of sp³-hybridized carbons (Fsp3) is 0.222. The van der Waals surface area contributed by atoms with Crippen LogP contribution in [0.15, 0.2) is 24.4 Å². The van der Waals surface area contributed by atoms with E-state index in [1.165, 1.54) is 24.4 Å². The van der Waals surface area contributed by atoms with Crippen molar-refractivity contribution >= 4 is 16.6 Å². The van der Waals surface area contributed by atoms with Crippen molar-refractivity contribution < 1.29 is 13.7 Å². The summed E-state index contributed by atoms with van der Waals surface area (Å²) in [6.07, 6.45) is -1.31. The molecule has 1 aromatic carbocycles. The molecular formula is C9H7F2N3O2. The fourth-order valence-corrected chi connectivity index (χ4v) is 1.52. The number of aromatic nitrogens is 2. The summed E-state index contributed by atoms with van der Waals surface area (Å²) in [4.78, 5) is 10.1. The van der Waals surface area contributed by atoms with Crippen LogP contribution in [0.2, 0.25) is 0 Å². The number of nitro benzene ring substituents is 1. The first kappa shape index (κ1) is 10.5. The molecule has 84 valence electrons. The largest absolute Gasteiger partial charge is 0.280 e. The summed E-state index contributed by atoms with van der Waals surface area (Å²) in [5, 5.41) is 14.6. The third-order valence-corrected chi connectivity index (χ3v) is 2.17. The van der Waals surface area contributed by atoms with Gasteiger partial charge in [0.15, 0.2) is 0 Å². The zero-order chi connectivity index (χ0) is 11.7. The van der Waals surface area contributed by atoms with Crippen LogP contribution in [0.1, 0.15) is 0 Å². The molecule has 2 aromatic rings. The Kier molecular flexibility index (Phi) is 2.51. The van der Waals surface area contributed by atoms with Gasteiger partial charge in [0.2, 0.25) is 0 Å². The summed E-state index contributed by atoms with van der Waals surface area (Å²) in [5.41, 5.74) is 0.215. The van der Waals surface area contributed by atoms with Gasteiger partial charge in [-0.2, -0.15) is 5.10 Å². The number of benzene rings is 1. The van der Waals surface area contributed by atoms with E-state index in [0.717, 1.165) is 4.68 Å². The van der Waals surface area contributed by atoms with E-state index in [4.69, 9.17) is 0 Å². The molecule has 5 nitrogen and oxygen atoms in total. The normalized spacial score (nSPS) is 11.2. The maximum absolute atomic E-state index is 12.2. The number of alkyl halides is 2. The van der Waals surface area contributed by atoms with E-state index in [9.17, 15) is 18.9 Å². The molecule has 7 heteroatoms. The highest BCUT2D eigenvalue weighted by atomic mass is 19.3. The summed E-state index contributed by atoms with van der Waals surface area (Å²) in [6, 6.07) is 4.29. The number of hydrogen-bond donors (Lipinski definition) is 0. The minimum atomic E-state index is -2.54. The van der Waals surface area contributed by atoms with Gasteiger partial charge in [-0.05, 0) is 6.07 Å². The van der Waals surface area contributed by atoms with Crippen molar-refractivity contribution in [2.45, 2.75) is 13.0 Å². The van der Waals surface area contributed by atoms with E-state index in [0.29, 0.717) is 5.52 Å². The van der Waals surface area contributed by atoms with Gasteiger partial charge in [-0.3, -0.25) is 14.8 Å². The Hall–Kier alpha value is -2.05. The second-order valence-corrected chi connectivity index (χ2v) is 3.18. The summed E-state index contributed by atoms with van der Waals surface area (Å²) in [5.74, 6) is 0. The Labute approximate surface area is 88.4 Å². The number of fused-ring (bicyclic) bond motifs is 1. The van der Waals surface area contributed by atoms with Crippen LogP contribution < -0.4 is 0 Å². The number of nitro groups is 1. The van der Waals surface area contributed by atoms with E-state index in [-0.39, 0.29) is 11.1 Å². The topological polar surface area (TPSA) is 61.0 Å².